The summed E-state index contributed by atoms with van der Waals surface area (Å²) < 4.78 is 4.78. The van der Waals surface area contributed by atoms with Gasteiger partial charge in [0.05, 0.1) is 18.2 Å². The smallest absolute Gasteiger partial charge is 0.305 e. The number of carboxylic acid groups (broad SMARTS) is 1. The Hall–Kier alpha value is -2.31. The second-order valence-corrected chi connectivity index (χ2v) is 4.14. The standard InChI is InChI=1S/C13H18N2O5/c1-2-15(7-4-12(17)18)11(16)3-6-14-13(19)10-5-8-20-9-10/h5,8-9H,2-4,6-7H2,1H3,(H,14,19)(H,17,18). The van der Waals surface area contributed by atoms with E-state index >= 15 is 0 Å². The molecule has 0 spiro atoms. The summed E-state index contributed by atoms with van der Waals surface area (Å²) in [5.41, 5.74) is 0.399. The van der Waals surface area contributed by atoms with Crippen LogP contribution in [0.2, 0.25) is 0 Å². The monoisotopic (exact) mass is 282 g/mol. The van der Waals surface area contributed by atoms with Crippen LogP contribution in [0.15, 0.2) is 23.0 Å². The predicted molar refractivity (Wildman–Crippen MR) is 70.2 cm³/mol. The van der Waals surface area contributed by atoms with Crippen LogP contribution in [-0.2, 0) is 9.59 Å². The third-order valence-electron chi connectivity index (χ3n) is 2.74. The topological polar surface area (TPSA) is 99.9 Å². The van der Waals surface area contributed by atoms with Crippen LogP contribution >= 0.6 is 0 Å². The number of furan rings is 1. The molecule has 20 heavy (non-hydrogen) atoms. The van der Waals surface area contributed by atoms with Crippen molar-refractivity contribution in [1.82, 2.24) is 10.2 Å². The van der Waals surface area contributed by atoms with Crippen molar-refractivity contribution >= 4 is 17.8 Å². The molecule has 7 nitrogen and oxygen atoms in total. The molecule has 1 rings (SSSR count). The summed E-state index contributed by atoms with van der Waals surface area (Å²) in [5.74, 6) is -1.43. The third-order valence-corrected chi connectivity index (χ3v) is 2.74. The average molecular weight is 282 g/mol. The third kappa shape index (κ3) is 5.13. The number of amides is 2. The lowest BCUT2D eigenvalue weighted by molar-refractivity contribution is -0.138. The van der Waals surface area contributed by atoms with E-state index in [4.69, 9.17) is 9.52 Å². The van der Waals surface area contributed by atoms with E-state index in [1.165, 1.54) is 23.5 Å². The maximum atomic E-state index is 11.8. The van der Waals surface area contributed by atoms with E-state index in [2.05, 4.69) is 5.32 Å². The summed E-state index contributed by atoms with van der Waals surface area (Å²) in [6.45, 7) is 2.61. The number of carbonyl (C=O) groups excluding carboxylic acids is 2. The van der Waals surface area contributed by atoms with E-state index in [-0.39, 0.29) is 37.7 Å². The Morgan fingerprint density at radius 1 is 1.35 bits per heavy atom. The molecular formula is C13H18N2O5. The van der Waals surface area contributed by atoms with Crippen LogP contribution in [0.3, 0.4) is 0 Å². The number of aliphatic carboxylic acids is 1. The van der Waals surface area contributed by atoms with Crippen LogP contribution in [0.1, 0.15) is 30.1 Å². The van der Waals surface area contributed by atoms with E-state index < -0.39 is 5.97 Å². The van der Waals surface area contributed by atoms with Crippen molar-refractivity contribution < 1.29 is 23.9 Å². The minimum atomic E-state index is -0.940. The van der Waals surface area contributed by atoms with Gasteiger partial charge in [-0.25, -0.2) is 0 Å². The lowest BCUT2D eigenvalue weighted by Gasteiger charge is -2.19. The van der Waals surface area contributed by atoms with Crippen LogP contribution in [0.4, 0.5) is 0 Å². The molecule has 0 atom stereocenters. The van der Waals surface area contributed by atoms with Crippen LogP contribution < -0.4 is 5.32 Å². The summed E-state index contributed by atoms with van der Waals surface area (Å²) in [6, 6.07) is 1.53. The van der Waals surface area contributed by atoms with Gasteiger partial charge in [-0.1, -0.05) is 0 Å². The Morgan fingerprint density at radius 2 is 2.10 bits per heavy atom. The second-order valence-electron chi connectivity index (χ2n) is 4.14. The zero-order chi connectivity index (χ0) is 15.0. The molecule has 0 aliphatic heterocycles. The molecule has 0 aliphatic carbocycles. The zero-order valence-corrected chi connectivity index (χ0v) is 11.3. The molecule has 110 valence electrons. The first kappa shape index (κ1) is 15.7. The van der Waals surface area contributed by atoms with E-state index in [1.807, 2.05) is 0 Å². The van der Waals surface area contributed by atoms with E-state index in [1.54, 1.807) is 6.92 Å². The summed E-state index contributed by atoms with van der Waals surface area (Å²) in [6.07, 6.45) is 2.77. The highest BCUT2D eigenvalue weighted by molar-refractivity contribution is 5.94. The first-order chi connectivity index (χ1) is 9.54. The fraction of sp³-hybridized carbons (Fsp3) is 0.462. The van der Waals surface area contributed by atoms with Gasteiger partial charge in [0.1, 0.15) is 6.26 Å². The van der Waals surface area contributed by atoms with Crippen molar-refractivity contribution in [3.8, 4) is 0 Å². The number of nitrogens with one attached hydrogen (secondary N) is 1. The summed E-state index contributed by atoms with van der Waals surface area (Å²) in [7, 11) is 0. The highest BCUT2D eigenvalue weighted by atomic mass is 16.4. The SMILES string of the molecule is CCN(CCC(=O)O)C(=O)CCNC(=O)c1ccoc1. The molecule has 0 unspecified atom stereocenters. The molecule has 0 saturated heterocycles. The minimum absolute atomic E-state index is 0.0824. The summed E-state index contributed by atoms with van der Waals surface area (Å²) in [4.78, 5) is 35.3. The van der Waals surface area contributed by atoms with Gasteiger partial charge in [0.2, 0.25) is 5.91 Å². The van der Waals surface area contributed by atoms with Gasteiger partial charge in [0.15, 0.2) is 0 Å². The van der Waals surface area contributed by atoms with Gasteiger partial charge in [-0.3, -0.25) is 14.4 Å². The largest absolute Gasteiger partial charge is 0.481 e. The highest BCUT2D eigenvalue weighted by Crippen LogP contribution is 2.00. The normalized spacial score (nSPS) is 10.1. The minimum Gasteiger partial charge on any atom is -0.481 e. The molecule has 1 heterocycles. The second kappa shape index (κ2) is 7.98. The first-order valence-electron chi connectivity index (χ1n) is 6.34. The maximum Gasteiger partial charge on any atom is 0.305 e. The number of hydrogen-bond acceptors (Lipinski definition) is 4. The molecule has 0 aliphatic rings. The molecule has 0 saturated carbocycles. The molecule has 2 amide bonds. The van der Waals surface area contributed by atoms with Gasteiger partial charge in [0, 0.05) is 26.1 Å². The molecule has 0 fully saturated rings. The molecule has 1 aromatic rings. The number of nitrogens with zero attached hydrogens (tertiary/aromatic N) is 1. The molecule has 0 aromatic carbocycles. The number of hydrogen-bond donors (Lipinski definition) is 2. The Morgan fingerprint density at radius 3 is 2.65 bits per heavy atom. The Kier molecular flexibility index (Phi) is 6.28. The van der Waals surface area contributed by atoms with E-state index in [9.17, 15) is 14.4 Å². The van der Waals surface area contributed by atoms with Gasteiger partial charge >= 0.3 is 5.97 Å². The highest BCUT2D eigenvalue weighted by Gasteiger charge is 2.13. The first-order valence-corrected chi connectivity index (χ1v) is 6.34. The summed E-state index contributed by atoms with van der Waals surface area (Å²) in [5, 5.41) is 11.2. The Labute approximate surface area is 116 Å². The quantitative estimate of drug-likeness (QED) is 0.732. The number of rotatable bonds is 8. The molecule has 2 N–H and O–H groups in total. The lowest BCUT2D eigenvalue weighted by Crippen LogP contribution is -2.35. The van der Waals surface area contributed by atoms with E-state index in [0.717, 1.165) is 0 Å². The van der Waals surface area contributed by atoms with Crippen molar-refractivity contribution in [3.05, 3.63) is 24.2 Å². The lowest BCUT2D eigenvalue weighted by atomic mass is 10.3. The van der Waals surface area contributed by atoms with Crippen molar-refractivity contribution in [2.45, 2.75) is 19.8 Å². The van der Waals surface area contributed by atoms with Gasteiger partial charge in [-0.15, -0.1) is 0 Å². The van der Waals surface area contributed by atoms with Crippen molar-refractivity contribution in [2.75, 3.05) is 19.6 Å². The molecule has 1 aromatic heterocycles. The maximum absolute atomic E-state index is 11.8. The summed E-state index contributed by atoms with van der Waals surface area (Å²) >= 11 is 0. The van der Waals surface area contributed by atoms with E-state index in [0.29, 0.717) is 12.1 Å². The fourth-order valence-electron chi connectivity index (χ4n) is 1.63. The van der Waals surface area contributed by atoms with Crippen LogP contribution in [0, 0.1) is 0 Å². The molecule has 7 heteroatoms. The van der Waals surface area contributed by atoms with Crippen LogP contribution in [0.5, 0.6) is 0 Å². The predicted octanol–water partition coefficient (Wildman–Crippen LogP) is 0.723. The van der Waals surface area contributed by atoms with Crippen LogP contribution in [-0.4, -0.2) is 47.4 Å². The molecular weight excluding hydrogens is 264 g/mol. The fourth-order valence-corrected chi connectivity index (χ4v) is 1.63. The van der Waals surface area contributed by atoms with Gasteiger partial charge < -0.3 is 19.7 Å². The van der Waals surface area contributed by atoms with Crippen molar-refractivity contribution in [2.24, 2.45) is 0 Å². The van der Waals surface area contributed by atoms with Gasteiger partial charge in [-0.2, -0.15) is 0 Å². The molecule has 0 bridgehead atoms. The van der Waals surface area contributed by atoms with Crippen molar-refractivity contribution in [1.29, 1.82) is 0 Å². The Balaban J connectivity index is 2.30. The van der Waals surface area contributed by atoms with Gasteiger partial charge in [0.25, 0.3) is 5.91 Å². The van der Waals surface area contributed by atoms with Crippen LogP contribution in [0.25, 0.3) is 0 Å². The van der Waals surface area contributed by atoms with Crippen molar-refractivity contribution in [3.63, 3.8) is 0 Å². The number of carbonyl (C=O) groups is 3. The molecule has 0 radical (unpaired) electrons. The zero-order valence-electron chi connectivity index (χ0n) is 11.3. The number of carboxylic acids is 1. The van der Waals surface area contributed by atoms with Gasteiger partial charge in [-0.05, 0) is 13.0 Å². The average Bonchev–Trinajstić information content (AvgIpc) is 2.93. The Bertz CT molecular complexity index is 455.